The number of rotatable bonds is 12. The second-order valence-electron chi connectivity index (χ2n) is 10.8. The Morgan fingerprint density at radius 3 is 1.71 bits per heavy atom. The van der Waals surface area contributed by atoms with Gasteiger partial charge in [0, 0.05) is 24.1 Å². The minimum Gasteiger partial charge on any atom is -0.480 e. The van der Waals surface area contributed by atoms with E-state index in [4.69, 9.17) is 10.5 Å². The summed E-state index contributed by atoms with van der Waals surface area (Å²) in [4.78, 5) is 52.3. The van der Waals surface area contributed by atoms with Crippen LogP contribution in [0.1, 0.15) is 28.2 Å². The minimum absolute atomic E-state index is 0.102. The number of para-hydroxylation sites is 2. The van der Waals surface area contributed by atoms with Gasteiger partial charge in [0.2, 0.25) is 17.7 Å². The van der Waals surface area contributed by atoms with Crippen molar-refractivity contribution >= 4 is 23.7 Å². The first-order valence-corrected chi connectivity index (χ1v) is 14.6. The largest absolute Gasteiger partial charge is 0.480 e. The lowest BCUT2D eigenvalue weighted by Gasteiger charge is -2.28. The van der Waals surface area contributed by atoms with Gasteiger partial charge in [0.05, 0.1) is 12.0 Å². The number of hydrogen-bond acceptors (Lipinski definition) is 6. The van der Waals surface area contributed by atoms with Gasteiger partial charge in [0.15, 0.2) is 0 Å². The van der Waals surface area contributed by atoms with Crippen LogP contribution in [0.2, 0.25) is 0 Å². The van der Waals surface area contributed by atoms with E-state index in [-0.39, 0.29) is 19.4 Å². The zero-order valence-electron chi connectivity index (χ0n) is 24.4. The molecule has 3 atom stereocenters. The molecule has 1 heterocycles. The molecule has 0 saturated heterocycles. The molecule has 0 spiro atoms. The number of benzene rings is 4. The van der Waals surface area contributed by atoms with E-state index in [2.05, 4.69) is 16.0 Å². The van der Waals surface area contributed by atoms with Crippen molar-refractivity contribution < 1.29 is 29.0 Å². The molecule has 6 N–H and O–H groups in total. The van der Waals surface area contributed by atoms with E-state index in [1.165, 1.54) is 0 Å². The first-order chi connectivity index (χ1) is 21.8. The maximum absolute atomic E-state index is 13.5. The Bertz CT molecular complexity index is 1620. The zero-order chi connectivity index (χ0) is 31.8. The van der Waals surface area contributed by atoms with Crippen molar-refractivity contribution in [1.82, 2.24) is 16.0 Å². The lowest BCUT2D eigenvalue weighted by atomic mass is 9.87. The van der Waals surface area contributed by atoms with E-state index >= 15 is 0 Å². The fourth-order valence-corrected chi connectivity index (χ4v) is 5.27. The average Bonchev–Trinajstić information content (AvgIpc) is 3.05. The molecule has 230 valence electrons. The molecule has 1 unspecified atom stereocenters. The normalized spacial score (nSPS) is 14.0. The van der Waals surface area contributed by atoms with Crippen LogP contribution < -0.4 is 26.4 Å². The molecule has 0 radical (unpaired) electrons. The summed E-state index contributed by atoms with van der Waals surface area (Å²) in [6, 6.07) is 29.0. The highest BCUT2D eigenvalue weighted by Gasteiger charge is 2.34. The summed E-state index contributed by atoms with van der Waals surface area (Å²) in [7, 11) is 0. The van der Waals surface area contributed by atoms with E-state index in [1.807, 2.05) is 36.4 Å². The zero-order valence-corrected chi connectivity index (χ0v) is 24.4. The molecule has 45 heavy (non-hydrogen) atoms. The van der Waals surface area contributed by atoms with E-state index in [0.29, 0.717) is 22.6 Å². The monoisotopic (exact) mass is 606 g/mol. The van der Waals surface area contributed by atoms with Crippen molar-refractivity contribution in [3.8, 4) is 11.5 Å². The maximum atomic E-state index is 13.5. The van der Waals surface area contributed by atoms with Crippen molar-refractivity contribution in [3.05, 3.63) is 131 Å². The summed E-state index contributed by atoms with van der Waals surface area (Å²) in [5.74, 6) is -2.74. The number of amides is 3. The van der Waals surface area contributed by atoms with Crippen molar-refractivity contribution in [2.45, 2.75) is 36.9 Å². The molecule has 0 saturated carbocycles. The van der Waals surface area contributed by atoms with Gasteiger partial charge in [-0.2, -0.15) is 0 Å². The molecule has 5 rings (SSSR count). The predicted molar refractivity (Wildman–Crippen MR) is 168 cm³/mol. The van der Waals surface area contributed by atoms with Crippen molar-refractivity contribution in [2.24, 2.45) is 5.73 Å². The standard InChI is InChI=1S/C35H34N4O6/c36-26(19-22-11-3-1-4-12-22)32(40)38-27(20-23-13-5-2-6-14-23)33(41)39-28(35(43)44)21-37-34(42)31-24-15-7-9-17-29(24)45-30-18-10-8-16-25(30)31/h1-18,26-28,31H,19-21,36H2,(H,37,42)(H,38,40)(H,39,41)(H,43,44)/t26-,27-,28?/m0/s1. The van der Waals surface area contributed by atoms with E-state index in [1.54, 1.807) is 72.8 Å². The molecule has 4 aromatic rings. The smallest absolute Gasteiger partial charge is 0.328 e. The second-order valence-corrected chi connectivity index (χ2v) is 10.8. The van der Waals surface area contributed by atoms with Gasteiger partial charge in [-0.15, -0.1) is 0 Å². The molecule has 4 aromatic carbocycles. The Labute approximate surface area is 260 Å². The molecular formula is C35H34N4O6. The quantitative estimate of drug-likeness (QED) is 0.166. The first-order valence-electron chi connectivity index (χ1n) is 14.6. The molecule has 1 aliphatic heterocycles. The number of carboxylic acid groups (broad SMARTS) is 1. The number of carbonyl (C=O) groups excluding carboxylic acids is 3. The van der Waals surface area contributed by atoms with Crippen molar-refractivity contribution in [2.75, 3.05) is 6.54 Å². The number of carboxylic acids is 1. The van der Waals surface area contributed by atoms with Crippen molar-refractivity contribution in [1.29, 1.82) is 0 Å². The molecule has 10 nitrogen and oxygen atoms in total. The minimum atomic E-state index is -1.47. The van der Waals surface area contributed by atoms with Gasteiger partial charge in [0.25, 0.3) is 0 Å². The lowest BCUT2D eigenvalue weighted by Crippen LogP contribution is -2.57. The van der Waals surface area contributed by atoms with Gasteiger partial charge in [-0.3, -0.25) is 14.4 Å². The Balaban J connectivity index is 1.28. The maximum Gasteiger partial charge on any atom is 0.328 e. The summed E-state index contributed by atoms with van der Waals surface area (Å²) in [6.45, 7) is -0.388. The summed E-state index contributed by atoms with van der Waals surface area (Å²) in [5, 5.41) is 17.9. The fourth-order valence-electron chi connectivity index (χ4n) is 5.27. The topological polar surface area (TPSA) is 160 Å². The number of nitrogens with two attached hydrogens (primary N) is 1. The Kier molecular flexibility index (Phi) is 9.86. The SMILES string of the molecule is N[C@@H](Cc1ccccc1)C(=O)N[C@@H](Cc1ccccc1)C(=O)NC(CNC(=O)C1c2ccccc2Oc2ccccc21)C(=O)O. The highest BCUT2D eigenvalue weighted by atomic mass is 16.5. The third kappa shape index (κ3) is 7.73. The van der Waals surface area contributed by atoms with Crippen LogP contribution in [0, 0.1) is 0 Å². The number of aliphatic carboxylic acids is 1. The summed E-state index contributed by atoms with van der Waals surface area (Å²) < 4.78 is 5.96. The summed E-state index contributed by atoms with van der Waals surface area (Å²) in [6.07, 6.45) is 0.361. The number of nitrogens with one attached hydrogen (secondary N) is 3. The number of ether oxygens (including phenoxy) is 1. The van der Waals surface area contributed by atoms with Gasteiger partial charge in [-0.1, -0.05) is 97.1 Å². The Morgan fingerprint density at radius 1 is 0.667 bits per heavy atom. The number of hydrogen-bond donors (Lipinski definition) is 5. The molecule has 0 fully saturated rings. The van der Waals surface area contributed by atoms with Crippen LogP contribution in [-0.4, -0.2) is 53.5 Å². The molecular weight excluding hydrogens is 572 g/mol. The molecule has 0 aromatic heterocycles. The van der Waals surface area contributed by atoms with Gasteiger partial charge < -0.3 is 31.5 Å². The first kappa shape index (κ1) is 31.0. The molecule has 0 bridgehead atoms. The Morgan fingerprint density at radius 2 is 1.16 bits per heavy atom. The van der Waals surface area contributed by atoms with Crippen LogP contribution >= 0.6 is 0 Å². The van der Waals surface area contributed by atoms with E-state index in [0.717, 1.165) is 11.1 Å². The van der Waals surface area contributed by atoms with Crippen LogP contribution in [0.25, 0.3) is 0 Å². The summed E-state index contributed by atoms with van der Waals surface area (Å²) >= 11 is 0. The number of fused-ring (bicyclic) bond motifs is 2. The highest BCUT2D eigenvalue weighted by Crippen LogP contribution is 2.43. The van der Waals surface area contributed by atoms with Gasteiger partial charge >= 0.3 is 5.97 Å². The van der Waals surface area contributed by atoms with Crippen LogP contribution in [0.3, 0.4) is 0 Å². The predicted octanol–water partition coefficient (Wildman–Crippen LogP) is 2.91. The van der Waals surface area contributed by atoms with Crippen LogP contribution in [0.15, 0.2) is 109 Å². The molecule has 0 aliphatic carbocycles. The third-order valence-electron chi connectivity index (χ3n) is 7.59. The van der Waals surface area contributed by atoms with Crippen molar-refractivity contribution in [3.63, 3.8) is 0 Å². The fraction of sp³-hybridized carbons (Fsp3) is 0.200. The van der Waals surface area contributed by atoms with Gasteiger partial charge in [-0.25, -0.2) is 4.79 Å². The highest BCUT2D eigenvalue weighted by molar-refractivity contribution is 5.93. The molecule has 10 heteroatoms. The second kappa shape index (κ2) is 14.3. The summed E-state index contributed by atoms with van der Waals surface area (Å²) in [5.41, 5.74) is 9.07. The van der Waals surface area contributed by atoms with Gasteiger partial charge in [-0.05, 0) is 29.7 Å². The van der Waals surface area contributed by atoms with Crippen LogP contribution in [0.4, 0.5) is 0 Å². The number of carbonyl (C=O) groups is 4. The average molecular weight is 607 g/mol. The molecule has 3 amide bonds. The van der Waals surface area contributed by atoms with E-state index < -0.39 is 47.7 Å². The molecule has 1 aliphatic rings. The Hall–Kier alpha value is -5.48. The van der Waals surface area contributed by atoms with E-state index in [9.17, 15) is 24.3 Å². The van der Waals surface area contributed by atoms with Crippen LogP contribution in [0.5, 0.6) is 11.5 Å². The third-order valence-corrected chi connectivity index (χ3v) is 7.59. The van der Waals surface area contributed by atoms with Gasteiger partial charge in [0.1, 0.15) is 23.6 Å². The van der Waals surface area contributed by atoms with Crippen LogP contribution in [-0.2, 0) is 32.0 Å². The lowest BCUT2D eigenvalue weighted by molar-refractivity contribution is -0.142.